The maximum Gasteiger partial charge on any atom is 0.338 e. The third-order valence-electron chi connectivity index (χ3n) is 7.60. The van der Waals surface area contributed by atoms with E-state index in [9.17, 15) is 19.6 Å². The summed E-state index contributed by atoms with van der Waals surface area (Å²) in [5.41, 5.74) is -0.0405. The Bertz CT molecular complexity index is 987. The Morgan fingerprint density at radius 1 is 1.24 bits per heavy atom. The summed E-state index contributed by atoms with van der Waals surface area (Å²) in [4.78, 5) is 37.1. The molecule has 0 aromatic heterocycles. The minimum absolute atomic E-state index is 0.0664. The summed E-state index contributed by atoms with van der Waals surface area (Å²) in [5, 5.41) is 19.1. The van der Waals surface area contributed by atoms with Crippen LogP contribution in [0.5, 0.6) is 0 Å². The predicted molar refractivity (Wildman–Crippen MR) is 114 cm³/mol. The molecule has 33 heavy (non-hydrogen) atoms. The Morgan fingerprint density at radius 2 is 1.94 bits per heavy atom. The maximum absolute atomic E-state index is 13.0. The molecule has 1 aromatic carbocycles. The van der Waals surface area contributed by atoms with E-state index in [4.69, 9.17) is 19.4 Å². The number of benzene rings is 1. The van der Waals surface area contributed by atoms with Gasteiger partial charge in [0.05, 0.1) is 18.8 Å². The normalized spacial score (nSPS) is 33.8. The number of cyclic esters (lactones) is 1. The van der Waals surface area contributed by atoms with E-state index in [1.807, 2.05) is 6.92 Å². The van der Waals surface area contributed by atoms with Crippen molar-refractivity contribution < 1.29 is 39.0 Å². The first kappa shape index (κ1) is 23.4. The highest BCUT2D eigenvalue weighted by atomic mass is 16.8. The van der Waals surface area contributed by atoms with Gasteiger partial charge >= 0.3 is 17.9 Å². The Kier molecular flexibility index (Phi) is 6.07. The van der Waals surface area contributed by atoms with E-state index < -0.39 is 28.7 Å². The summed E-state index contributed by atoms with van der Waals surface area (Å²) < 4.78 is 16.8. The van der Waals surface area contributed by atoms with E-state index in [1.165, 1.54) is 31.2 Å². The van der Waals surface area contributed by atoms with Crippen molar-refractivity contribution in [2.24, 2.45) is 22.7 Å². The Morgan fingerprint density at radius 3 is 2.58 bits per heavy atom. The predicted octanol–water partition coefficient (Wildman–Crippen LogP) is 2.10. The lowest BCUT2D eigenvalue weighted by Gasteiger charge is -2.57. The van der Waals surface area contributed by atoms with Crippen molar-refractivity contribution >= 4 is 23.6 Å². The molecule has 1 saturated heterocycles. The maximum atomic E-state index is 13.0. The van der Waals surface area contributed by atoms with Crippen molar-refractivity contribution in [1.29, 1.82) is 0 Å². The van der Waals surface area contributed by atoms with Crippen LogP contribution in [-0.4, -0.2) is 42.4 Å². The molecule has 2 fully saturated rings. The van der Waals surface area contributed by atoms with Gasteiger partial charge in [-0.05, 0) is 36.5 Å². The van der Waals surface area contributed by atoms with Crippen molar-refractivity contribution in [3.05, 3.63) is 46.7 Å². The molecule has 1 unspecified atom stereocenters. The van der Waals surface area contributed by atoms with Crippen molar-refractivity contribution in [2.45, 2.75) is 46.1 Å². The van der Waals surface area contributed by atoms with Gasteiger partial charge in [0.25, 0.3) is 0 Å². The summed E-state index contributed by atoms with van der Waals surface area (Å²) >= 11 is 0. The first-order chi connectivity index (χ1) is 15.5. The number of quaternary nitrogens is 1. The number of ether oxygens (including phenoxy) is 3. The monoisotopic (exact) mass is 459 g/mol. The van der Waals surface area contributed by atoms with Crippen LogP contribution in [0.3, 0.4) is 0 Å². The molecule has 0 bridgehead atoms. The Labute approximate surface area is 191 Å². The zero-order valence-electron chi connectivity index (χ0n) is 19.0. The van der Waals surface area contributed by atoms with E-state index in [2.05, 4.69) is 6.92 Å². The summed E-state index contributed by atoms with van der Waals surface area (Å²) in [6.07, 6.45) is 3.48. The lowest BCUT2D eigenvalue weighted by atomic mass is 9.48. The van der Waals surface area contributed by atoms with Crippen LogP contribution >= 0.6 is 0 Å². The third-order valence-corrected chi connectivity index (χ3v) is 7.60. The fourth-order valence-corrected chi connectivity index (χ4v) is 6.09. The van der Waals surface area contributed by atoms with Crippen molar-refractivity contribution in [2.75, 3.05) is 13.2 Å². The smallest absolute Gasteiger partial charge is 0.338 e. The molecule has 0 spiro atoms. The highest BCUT2D eigenvalue weighted by Gasteiger charge is 2.61. The molecule has 6 atom stereocenters. The number of nitrogens with one attached hydrogen (secondary N) is 1. The molecular weight excluding hydrogens is 430 g/mol. The Balaban J connectivity index is 1.69. The molecule has 0 amide bonds. The van der Waals surface area contributed by atoms with Crippen LogP contribution in [0.15, 0.2) is 35.9 Å². The highest BCUT2D eigenvalue weighted by Crippen LogP contribution is 2.61. The number of carbonyl (C=O) groups is 3. The lowest BCUT2D eigenvalue weighted by molar-refractivity contribution is -0.991. The van der Waals surface area contributed by atoms with Gasteiger partial charge < -0.3 is 19.4 Å². The third kappa shape index (κ3) is 4.16. The van der Waals surface area contributed by atoms with Gasteiger partial charge in [0.2, 0.25) is 0 Å². The van der Waals surface area contributed by atoms with Gasteiger partial charge in [-0.15, -0.1) is 0 Å². The van der Waals surface area contributed by atoms with Gasteiger partial charge in [-0.25, -0.2) is 14.8 Å². The Hall–Kier alpha value is -2.75. The second kappa shape index (κ2) is 8.55. The zero-order chi connectivity index (χ0) is 24.0. The molecule has 1 aromatic rings. The minimum Gasteiger partial charge on any atom is -0.595 e. The summed E-state index contributed by atoms with van der Waals surface area (Å²) in [6.45, 7) is 5.99. The fourth-order valence-electron chi connectivity index (χ4n) is 6.09. The van der Waals surface area contributed by atoms with Gasteiger partial charge in [0, 0.05) is 41.9 Å². The van der Waals surface area contributed by atoms with E-state index >= 15 is 0 Å². The van der Waals surface area contributed by atoms with Crippen LogP contribution in [0, 0.1) is 27.9 Å². The van der Waals surface area contributed by atoms with Crippen LogP contribution in [-0.2, 0) is 23.8 Å². The standard InChI is InChI=1S/C24H29NO8/c1-14(26)32-13-23(2)9-4-10-24(3)18-12-31-22(28)17(18)11-19(20(23)24)33-21(27)15-5-7-16(8-6-15)25(29)30/h5-8,11,18-20,25,29H,4,9-10,12-13H2,1-3H3/t18-,19+,20-,23+,24+/m0/s1. The van der Waals surface area contributed by atoms with E-state index in [0.717, 1.165) is 19.3 Å². The van der Waals surface area contributed by atoms with Crippen LogP contribution in [0.25, 0.3) is 0 Å². The average Bonchev–Trinajstić information content (AvgIpc) is 3.14. The number of hydrogen-bond acceptors (Lipinski definition) is 8. The van der Waals surface area contributed by atoms with Crippen molar-refractivity contribution in [1.82, 2.24) is 0 Å². The molecule has 1 aliphatic heterocycles. The lowest BCUT2D eigenvalue weighted by Crippen LogP contribution is -2.99. The second-order valence-corrected chi connectivity index (χ2v) is 9.80. The molecule has 4 rings (SSSR count). The molecule has 3 aliphatic rings. The molecule has 2 N–H and O–H groups in total. The van der Waals surface area contributed by atoms with Crippen molar-refractivity contribution in [3.8, 4) is 0 Å². The number of fused-ring (bicyclic) bond motifs is 3. The molecule has 0 radical (unpaired) electrons. The van der Waals surface area contributed by atoms with E-state index in [-0.39, 0.29) is 41.1 Å². The first-order valence-corrected chi connectivity index (χ1v) is 11.1. The second-order valence-electron chi connectivity index (χ2n) is 9.80. The van der Waals surface area contributed by atoms with Crippen molar-refractivity contribution in [3.63, 3.8) is 0 Å². The molecular formula is C24H29NO8. The van der Waals surface area contributed by atoms with Gasteiger partial charge in [-0.1, -0.05) is 20.3 Å². The van der Waals surface area contributed by atoms with Gasteiger partial charge in [-0.2, -0.15) is 5.23 Å². The van der Waals surface area contributed by atoms with Crippen LogP contribution < -0.4 is 5.23 Å². The summed E-state index contributed by atoms with van der Waals surface area (Å²) in [7, 11) is 0. The minimum atomic E-state index is -1.09. The first-order valence-electron chi connectivity index (χ1n) is 11.1. The number of esters is 3. The van der Waals surface area contributed by atoms with Gasteiger partial charge in [0.15, 0.2) is 5.69 Å². The zero-order valence-corrected chi connectivity index (χ0v) is 19.0. The number of hydrogen-bond donors (Lipinski definition) is 2. The molecule has 1 saturated carbocycles. The number of rotatable bonds is 5. The van der Waals surface area contributed by atoms with Gasteiger partial charge in [-0.3, -0.25) is 4.79 Å². The molecule has 178 valence electrons. The molecule has 9 heteroatoms. The van der Waals surface area contributed by atoms with E-state index in [1.54, 1.807) is 6.08 Å². The van der Waals surface area contributed by atoms with Crippen LogP contribution in [0.2, 0.25) is 0 Å². The van der Waals surface area contributed by atoms with Crippen LogP contribution in [0.1, 0.15) is 50.4 Å². The SMILES string of the molecule is CC(=O)OC[C@@]1(C)CCC[C@]2(C)[C@H]3COC(=O)C3=C[C@@H](OC(=O)c3ccc([NH+]([O-])O)cc3)[C@@H]12. The fraction of sp³-hybridized carbons (Fsp3) is 0.542. The number of carbonyl (C=O) groups excluding carboxylic acids is 3. The molecule has 9 nitrogen and oxygen atoms in total. The largest absolute Gasteiger partial charge is 0.595 e. The van der Waals surface area contributed by atoms with Crippen LogP contribution in [0.4, 0.5) is 5.69 Å². The quantitative estimate of drug-likeness (QED) is 0.389. The average molecular weight is 459 g/mol. The highest BCUT2D eigenvalue weighted by molar-refractivity contribution is 5.92. The topological polar surface area (TPSA) is 127 Å². The summed E-state index contributed by atoms with van der Waals surface area (Å²) in [6, 6.07) is 5.51. The molecule has 1 heterocycles. The van der Waals surface area contributed by atoms with Gasteiger partial charge in [0.1, 0.15) is 6.10 Å². The summed E-state index contributed by atoms with van der Waals surface area (Å²) in [5.74, 6) is -1.69. The molecule has 2 aliphatic carbocycles. The van der Waals surface area contributed by atoms with E-state index in [0.29, 0.717) is 12.2 Å².